The van der Waals surface area contributed by atoms with Crippen LogP contribution in [0.3, 0.4) is 0 Å². The SMILES string of the molecule is Cc1cc(NS(=O)(=O)c2ccc(F)c(N)c2F)ccc1Br. The molecule has 3 N–H and O–H groups in total. The Morgan fingerprint density at radius 1 is 1.19 bits per heavy atom. The van der Waals surface area contributed by atoms with E-state index in [0.717, 1.165) is 22.2 Å². The second-order valence-electron chi connectivity index (χ2n) is 4.34. The van der Waals surface area contributed by atoms with Gasteiger partial charge in [0.2, 0.25) is 0 Å². The van der Waals surface area contributed by atoms with Gasteiger partial charge in [0.25, 0.3) is 10.0 Å². The average molecular weight is 377 g/mol. The van der Waals surface area contributed by atoms with E-state index >= 15 is 0 Å². The van der Waals surface area contributed by atoms with Crippen molar-refractivity contribution in [1.29, 1.82) is 0 Å². The van der Waals surface area contributed by atoms with Crippen LogP contribution in [0.5, 0.6) is 0 Å². The molecule has 0 atom stereocenters. The van der Waals surface area contributed by atoms with Gasteiger partial charge in [0, 0.05) is 10.2 Å². The van der Waals surface area contributed by atoms with Crippen LogP contribution in [0, 0.1) is 18.6 Å². The van der Waals surface area contributed by atoms with E-state index in [0.29, 0.717) is 0 Å². The summed E-state index contributed by atoms with van der Waals surface area (Å²) in [7, 11) is -4.20. The maximum absolute atomic E-state index is 13.8. The van der Waals surface area contributed by atoms with Crippen LogP contribution in [-0.4, -0.2) is 8.42 Å². The standard InChI is InChI=1S/C13H11BrF2N2O2S/c1-7-6-8(2-3-9(7)14)18-21(19,20)11-5-4-10(15)13(17)12(11)16/h2-6,18H,17H2,1H3. The van der Waals surface area contributed by atoms with Crippen LogP contribution in [0.4, 0.5) is 20.2 Å². The number of anilines is 2. The topological polar surface area (TPSA) is 72.2 Å². The van der Waals surface area contributed by atoms with E-state index in [1.54, 1.807) is 19.1 Å². The minimum Gasteiger partial charge on any atom is -0.394 e. The molecule has 2 aromatic rings. The number of benzene rings is 2. The molecule has 21 heavy (non-hydrogen) atoms. The van der Waals surface area contributed by atoms with E-state index in [1.165, 1.54) is 6.07 Å². The fourth-order valence-electron chi connectivity index (χ4n) is 1.68. The van der Waals surface area contributed by atoms with Gasteiger partial charge >= 0.3 is 0 Å². The molecule has 0 radical (unpaired) electrons. The third-order valence-corrected chi connectivity index (χ3v) is 5.08. The van der Waals surface area contributed by atoms with Gasteiger partial charge in [0.05, 0.1) is 0 Å². The molecule has 0 aromatic heterocycles. The minimum absolute atomic E-state index is 0.262. The third kappa shape index (κ3) is 3.16. The van der Waals surface area contributed by atoms with Crippen molar-refractivity contribution in [1.82, 2.24) is 0 Å². The molecule has 0 saturated carbocycles. The highest BCUT2D eigenvalue weighted by atomic mass is 79.9. The smallest absolute Gasteiger partial charge is 0.264 e. The Kier molecular flexibility index (Phi) is 4.20. The van der Waals surface area contributed by atoms with Gasteiger partial charge in [-0.25, -0.2) is 17.2 Å². The number of halogens is 3. The molecule has 2 rings (SSSR count). The summed E-state index contributed by atoms with van der Waals surface area (Å²) in [5.74, 6) is -2.32. The Morgan fingerprint density at radius 2 is 1.86 bits per heavy atom. The summed E-state index contributed by atoms with van der Waals surface area (Å²) in [4.78, 5) is -0.707. The number of sulfonamides is 1. The van der Waals surface area contributed by atoms with Gasteiger partial charge in [0.15, 0.2) is 5.82 Å². The third-order valence-electron chi connectivity index (χ3n) is 2.79. The van der Waals surface area contributed by atoms with Crippen molar-refractivity contribution >= 4 is 37.3 Å². The van der Waals surface area contributed by atoms with E-state index in [9.17, 15) is 17.2 Å². The first-order chi connectivity index (χ1) is 9.72. The maximum atomic E-state index is 13.8. The first-order valence-electron chi connectivity index (χ1n) is 5.75. The summed E-state index contributed by atoms with van der Waals surface area (Å²) in [6, 6.07) is 6.38. The fraction of sp³-hybridized carbons (Fsp3) is 0.0769. The minimum atomic E-state index is -4.20. The first-order valence-corrected chi connectivity index (χ1v) is 8.02. The van der Waals surface area contributed by atoms with E-state index in [1.807, 2.05) is 0 Å². The molecule has 0 amide bonds. The van der Waals surface area contributed by atoms with Gasteiger partial charge in [-0.3, -0.25) is 4.72 Å². The summed E-state index contributed by atoms with van der Waals surface area (Å²) in [5.41, 5.74) is 5.40. The lowest BCUT2D eigenvalue weighted by Crippen LogP contribution is -2.16. The first kappa shape index (κ1) is 15.7. The van der Waals surface area contributed by atoms with Crippen molar-refractivity contribution < 1.29 is 17.2 Å². The van der Waals surface area contributed by atoms with E-state index in [4.69, 9.17) is 5.73 Å². The lowest BCUT2D eigenvalue weighted by atomic mass is 10.2. The molecule has 0 aliphatic heterocycles. The summed E-state index contributed by atoms with van der Waals surface area (Å²) >= 11 is 3.29. The highest BCUT2D eigenvalue weighted by Gasteiger charge is 2.22. The molecule has 0 aliphatic carbocycles. The van der Waals surface area contributed by atoms with Crippen LogP contribution in [0.15, 0.2) is 39.7 Å². The molecule has 8 heteroatoms. The molecule has 0 spiro atoms. The van der Waals surface area contributed by atoms with Gasteiger partial charge in [-0.05, 0) is 42.8 Å². The highest BCUT2D eigenvalue weighted by Crippen LogP contribution is 2.26. The highest BCUT2D eigenvalue weighted by molar-refractivity contribution is 9.10. The van der Waals surface area contributed by atoms with Crippen molar-refractivity contribution in [2.45, 2.75) is 11.8 Å². The predicted octanol–water partition coefficient (Wildman–Crippen LogP) is 3.42. The Bertz CT molecular complexity index is 810. The molecule has 0 fully saturated rings. The Hall–Kier alpha value is -1.67. The van der Waals surface area contributed by atoms with Crippen LogP contribution < -0.4 is 10.5 Å². The number of rotatable bonds is 3. The summed E-state index contributed by atoms with van der Waals surface area (Å²) in [5, 5.41) is 0. The Labute approximate surface area is 129 Å². The van der Waals surface area contributed by atoms with Crippen LogP contribution in [-0.2, 0) is 10.0 Å². The van der Waals surface area contributed by atoms with Crippen molar-refractivity contribution in [3.8, 4) is 0 Å². The zero-order valence-electron chi connectivity index (χ0n) is 10.8. The molecule has 0 aliphatic rings. The molecular weight excluding hydrogens is 366 g/mol. The lowest BCUT2D eigenvalue weighted by Gasteiger charge is -2.11. The zero-order valence-corrected chi connectivity index (χ0v) is 13.2. The normalized spacial score (nSPS) is 11.4. The zero-order chi connectivity index (χ0) is 15.8. The van der Waals surface area contributed by atoms with Gasteiger partial charge in [0.1, 0.15) is 16.4 Å². The van der Waals surface area contributed by atoms with Crippen LogP contribution >= 0.6 is 15.9 Å². The molecule has 0 unspecified atom stereocenters. The summed E-state index contributed by atoms with van der Waals surface area (Å²) in [6.45, 7) is 1.78. The maximum Gasteiger partial charge on any atom is 0.264 e. The Morgan fingerprint density at radius 3 is 2.48 bits per heavy atom. The van der Waals surface area contributed by atoms with Gasteiger partial charge in [-0.15, -0.1) is 0 Å². The van der Waals surface area contributed by atoms with E-state index < -0.39 is 32.2 Å². The Balaban J connectivity index is 2.43. The van der Waals surface area contributed by atoms with Gasteiger partial charge in [-0.2, -0.15) is 0 Å². The molecular formula is C13H11BrF2N2O2S. The largest absolute Gasteiger partial charge is 0.394 e. The van der Waals surface area contributed by atoms with Crippen molar-refractivity contribution in [3.63, 3.8) is 0 Å². The van der Waals surface area contributed by atoms with Crippen molar-refractivity contribution in [2.24, 2.45) is 0 Å². The van der Waals surface area contributed by atoms with Crippen LogP contribution in [0.1, 0.15) is 5.56 Å². The number of nitrogens with two attached hydrogens (primary N) is 1. The quantitative estimate of drug-likeness (QED) is 0.806. The van der Waals surface area contributed by atoms with Gasteiger partial charge < -0.3 is 5.73 Å². The van der Waals surface area contributed by atoms with E-state index in [2.05, 4.69) is 20.7 Å². The molecule has 0 bridgehead atoms. The van der Waals surface area contributed by atoms with Gasteiger partial charge in [-0.1, -0.05) is 15.9 Å². The van der Waals surface area contributed by atoms with Crippen LogP contribution in [0.2, 0.25) is 0 Å². The molecule has 112 valence electrons. The van der Waals surface area contributed by atoms with Crippen molar-refractivity contribution in [3.05, 3.63) is 52.0 Å². The number of nitrogen functional groups attached to an aromatic ring is 1. The average Bonchev–Trinajstić information content (AvgIpc) is 2.39. The summed E-state index contributed by atoms with van der Waals surface area (Å²) in [6.07, 6.45) is 0. The van der Waals surface area contributed by atoms with Crippen LogP contribution in [0.25, 0.3) is 0 Å². The molecule has 0 heterocycles. The molecule has 4 nitrogen and oxygen atoms in total. The van der Waals surface area contributed by atoms with E-state index in [-0.39, 0.29) is 5.69 Å². The molecule has 0 saturated heterocycles. The number of nitrogens with one attached hydrogen (secondary N) is 1. The monoisotopic (exact) mass is 376 g/mol. The second kappa shape index (κ2) is 5.61. The predicted molar refractivity (Wildman–Crippen MR) is 80.5 cm³/mol. The number of hydrogen-bond acceptors (Lipinski definition) is 3. The fourth-order valence-corrected chi connectivity index (χ4v) is 3.06. The molecule has 2 aromatic carbocycles. The number of hydrogen-bond donors (Lipinski definition) is 2. The summed E-state index contributed by atoms with van der Waals surface area (Å²) < 4.78 is 54.2. The number of aryl methyl sites for hydroxylation is 1. The van der Waals surface area contributed by atoms with Crippen molar-refractivity contribution in [2.75, 3.05) is 10.5 Å². The second-order valence-corrected chi connectivity index (χ2v) is 6.85. The lowest BCUT2D eigenvalue weighted by molar-refractivity contribution is 0.557.